The maximum Gasteiger partial charge on any atom is 0.262 e. The van der Waals surface area contributed by atoms with Crippen LogP contribution in [0.25, 0.3) is 0 Å². The van der Waals surface area contributed by atoms with Gasteiger partial charge in [0.2, 0.25) is 0 Å². The summed E-state index contributed by atoms with van der Waals surface area (Å²) in [5, 5.41) is 6.89. The van der Waals surface area contributed by atoms with Crippen LogP contribution in [0.2, 0.25) is 15.1 Å². The van der Waals surface area contributed by atoms with Crippen LogP contribution in [0.15, 0.2) is 60.7 Å². The Balaban J connectivity index is 1.55. The van der Waals surface area contributed by atoms with Gasteiger partial charge in [0.1, 0.15) is 5.75 Å². The van der Waals surface area contributed by atoms with Crippen LogP contribution in [0.1, 0.15) is 15.9 Å². The number of hydrogen-bond donors (Lipinski definition) is 2. The maximum atomic E-state index is 12.4. The Morgan fingerprint density at radius 3 is 2.23 bits per heavy atom. The second kappa shape index (κ2) is 9.85. The molecule has 2 amide bonds. The molecule has 3 aromatic rings. The summed E-state index contributed by atoms with van der Waals surface area (Å²) in [6.07, 6.45) is 0. The minimum atomic E-state index is -0.369. The Hall–Kier alpha value is -2.73. The van der Waals surface area contributed by atoms with Gasteiger partial charge >= 0.3 is 0 Å². The first-order valence-corrected chi connectivity index (χ1v) is 10.0. The van der Waals surface area contributed by atoms with E-state index in [0.29, 0.717) is 37.8 Å². The van der Waals surface area contributed by atoms with E-state index in [4.69, 9.17) is 39.5 Å². The number of amides is 2. The van der Waals surface area contributed by atoms with E-state index < -0.39 is 0 Å². The quantitative estimate of drug-likeness (QED) is 0.456. The lowest BCUT2D eigenvalue weighted by molar-refractivity contribution is -0.118. The van der Waals surface area contributed by atoms with Crippen LogP contribution in [-0.4, -0.2) is 18.4 Å². The van der Waals surface area contributed by atoms with Crippen molar-refractivity contribution in [3.63, 3.8) is 0 Å². The van der Waals surface area contributed by atoms with E-state index in [2.05, 4.69) is 10.6 Å². The molecule has 0 fully saturated rings. The monoisotopic (exact) mass is 462 g/mol. The van der Waals surface area contributed by atoms with Crippen molar-refractivity contribution in [2.24, 2.45) is 0 Å². The molecule has 8 heteroatoms. The fourth-order valence-electron chi connectivity index (χ4n) is 2.61. The summed E-state index contributed by atoms with van der Waals surface area (Å²) < 4.78 is 5.46. The first-order valence-electron chi connectivity index (χ1n) is 8.87. The van der Waals surface area contributed by atoms with Crippen molar-refractivity contribution in [3.05, 3.63) is 86.9 Å². The van der Waals surface area contributed by atoms with E-state index in [1.54, 1.807) is 60.7 Å². The molecule has 0 saturated carbocycles. The number of carbonyl (C=O) groups is 2. The molecular formula is C22H17Cl3N2O3. The number of benzene rings is 3. The van der Waals surface area contributed by atoms with Crippen LogP contribution < -0.4 is 15.4 Å². The molecule has 0 radical (unpaired) electrons. The summed E-state index contributed by atoms with van der Waals surface area (Å²) in [5.41, 5.74) is 2.36. The average Bonchev–Trinajstić information content (AvgIpc) is 2.69. The highest BCUT2D eigenvalue weighted by atomic mass is 35.5. The Kier molecular flexibility index (Phi) is 7.21. The van der Waals surface area contributed by atoms with Crippen molar-refractivity contribution in [2.45, 2.75) is 6.92 Å². The summed E-state index contributed by atoms with van der Waals surface area (Å²) in [6.45, 7) is 1.62. The van der Waals surface area contributed by atoms with Gasteiger partial charge in [0.05, 0.1) is 0 Å². The number of anilines is 2. The Bertz CT molecular complexity index is 1070. The van der Waals surface area contributed by atoms with Crippen LogP contribution in [0, 0.1) is 6.92 Å². The first kappa shape index (κ1) is 22.0. The van der Waals surface area contributed by atoms with Crippen molar-refractivity contribution in [3.8, 4) is 5.75 Å². The van der Waals surface area contributed by atoms with E-state index in [9.17, 15) is 9.59 Å². The highest BCUT2D eigenvalue weighted by Gasteiger charge is 2.10. The maximum absolute atomic E-state index is 12.4. The van der Waals surface area contributed by atoms with E-state index >= 15 is 0 Å². The lowest BCUT2D eigenvalue weighted by Crippen LogP contribution is -2.20. The largest absolute Gasteiger partial charge is 0.484 e. The van der Waals surface area contributed by atoms with Crippen molar-refractivity contribution < 1.29 is 14.3 Å². The van der Waals surface area contributed by atoms with Crippen molar-refractivity contribution >= 4 is 58.0 Å². The van der Waals surface area contributed by atoms with Crippen LogP contribution in [0.5, 0.6) is 5.75 Å². The van der Waals surface area contributed by atoms with E-state index in [1.807, 2.05) is 6.92 Å². The Morgan fingerprint density at radius 1 is 0.900 bits per heavy atom. The van der Waals surface area contributed by atoms with Crippen LogP contribution >= 0.6 is 34.8 Å². The van der Waals surface area contributed by atoms with Crippen molar-refractivity contribution in [1.29, 1.82) is 0 Å². The zero-order valence-corrected chi connectivity index (χ0v) is 18.1. The molecule has 0 saturated heterocycles. The predicted octanol–water partition coefficient (Wildman–Crippen LogP) is 6.23. The Morgan fingerprint density at radius 2 is 1.57 bits per heavy atom. The fourth-order valence-corrected chi connectivity index (χ4v) is 3.31. The first-order chi connectivity index (χ1) is 14.3. The van der Waals surface area contributed by atoms with Gasteiger partial charge in [-0.2, -0.15) is 0 Å². The smallest absolute Gasteiger partial charge is 0.262 e. The van der Waals surface area contributed by atoms with Crippen LogP contribution in [-0.2, 0) is 4.79 Å². The Labute approximate surface area is 188 Å². The van der Waals surface area contributed by atoms with Gasteiger partial charge in [-0.25, -0.2) is 0 Å². The molecule has 3 rings (SSSR count). The highest BCUT2D eigenvalue weighted by Crippen LogP contribution is 2.24. The summed E-state index contributed by atoms with van der Waals surface area (Å²) in [4.78, 5) is 24.5. The number of rotatable bonds is 6. The number of halogens is 3. The van der Waals surface area contributed by atoms with E-state index in [0.717, 1.165) is 5.56 Å². The molecule has 0 aliphatic rings. The third-order valence-electron chi connectivity index (χ3n) is 4.15. The van der Waals surface area contributed by atoms with Crippen molar-refractivity contribution in [2.75, 3.05) is 17.2 Å². The molecule has 0 aromatic heterocycles. The van der Waals surface area contributed by atoms with Gasteiger partial charge in [0.25, 0.3) is 11.8 Å². The summed E-state index contributed by atoms with van der Waals surface area (Å²) in [6, 6.07) is 16.5. The van der Waals surface area contributed by atoms with Gasteiger partial charge in [-0.15, -0.1) is 0 Å². The third kappa shape index (κ3) is 5.89. The molecular weight excluding hydrogens is 447 g/mol. The molecule has 30 heavy (non-hydrogen) atoms. The topological polar surface area (TPSA) is 67.4 Å². The third-order valence-corrected chi connectivity index (χ3v) is 4.99. The molecule has 0 aliphatic heterocycles. The summed E-state index contributed by atoms with van der Waals surface area (Å²) in [7, 11) is 0. The molecule has 0 heterocycles. The standard InChI is InChI=1S/C22H17Cl3N2O3/c1-13-19(25)3-2-4-20(13)27-22(29)14-5-7-18(8-6-14)30-12-21(28)26-17-10-15(23)9-16(24)11-17/h2-11H,12H2,1H3,(H,26,28)(H,27,29). The summed E-state index contributed by atoms with van der Waals surface area (Å²) >= 11 is 17.9. The second-order valence-corrected chi connectivity index (χ2v) is 7.67. The number of ether oxygens (including phenoxy) is 1. The van der Waals surface area contributed by atoms with Gasteiger partial charge in [-0.05, 0) is 67.1 Å². The van der Waals surface area contributed by atoms with Crippen LogP contribution in [0.4, 0.5) is 11.4 Å². The van der Waals surface area contributed by atoms with Crippen LogP contribution in [0.3, 0.4) is 0 Å². The van der Waals surface area contributed by atoms with Gasteiger partial charge in [-0.1, -0.05) is 40.9 Å². The zero-order chi connectivity index (χ0) is 21.7. The molecule has 0 unspecified atom stereocenters. The summed E-state index contributed by atoms with van der Waals surface area (Å²) in [5.74, 6) is -0.196. The average molecular weight is 464 g/mol. The molecule has 5 nitrogen and oxygen atoms in total. The molecule has 3 aromatic carbocycles. The minimum absolute atomic E-state index is 0.211. The van der Waals surface area contributed by atoms with Gasteiger partial charge in [0, 0.05) is 32.0 Å². The zero-order valence-electron chi connectivity index (χ0n) is 15.8. The minimum Gasteiger partial charge on any atom is -0.484 e. The lowest BCUT2D eigenvalue weighted by atomic mass is 10.1. The van der Waals surface area contributed by atoms with E-state index in [-0.39, 0.29) is 18.4 Å². The van der Waals surface area contributed by atoms with Gasteiger partial charge in [-0.3, -0.25) is 9.59 Å². The number of nitrogens with one attached hydrogen (secondary N) is 2. The second-order valence-electron chi connectivity index (χ2n) is 6.39. The molecule has 2 N–H and O–H groups in total. The fraction of sp³-hybridized carbons (Fsp3) is 0.0909. The molecule has 0 aliphatic carbocycles. The van der Waals surface area contributed by atoms with E-state index in [1.165, 1.54) is 0 Å². The molecule has 0 atom stereocenters. The predicted molar refractivity (Wildman–Crippen MR) is 121 cm³/mol. The molecule has 154 valence electrons. The normalized spacial score (nSPS) is 10.4. The highest BCUT2D eigenvalue weighted by molar-refractivity contribution is 6.35. The molecule has 0 spiro atoms. The van der Waals surface area contributed by atoms with Gasteiger partial charge < -0.3 is 15.4 Å². The SMILES string of the molecule is Cc1c(Cl)cccc1NC(=O)c1ccc(OCC(=O)Nc2cc(Cl)cc(Cl)c2)cc1. The number of carbonyl (C=O) groups excluding carboxylic acids is 2. The van der Waals surface area contributed by atoms with Gasteiger partial charge in [0.15, 0.2) is 6.61 Å². The van der Waals surface area contributed by atoms with Crippen molar-refractivity contribution in [1.82, 2.24) is 0 Å². The molecule has 0 bridgehead atoms. The number of hydrogen-bond acceptors (Lipinski definition) is 3. The lowest BCUT2D eigenvalue weighted by Gasteiger charge is -2.11.